The Bertz CT molecular complexity index is 455. The van der Waals surface area contributed by atoms with E-state index in [0.29, 0.717) is 31.8 Å². The molecule has 4 heteroatoms. The molecule has 0 heterocycles. The summed E-state index contributed by atoms with van der Waals surface area (Å²) in [6, 6.07) is 8.07. The standard InChI is InChI=1S/C19H28F2O2/c1-14(2)13-16-8-10-17(11-9-16)15(3)19(22)23-12-6-4-5-7-18(20)21/h8-11,14-15,18H,4-7,12-13H2,1-3H3. The van der Waals surface area contributed by atoms with Gasteiger partial charge in [0.1, 0.15) is 0 Å². The molecule has 0 N–H and O–H groups in total. The van der Waals surface area contributed by atoms with Gasteiger partial charge >= 0.3 is 5.97 Å². The third kappa shape index (κ3) is 8.10. The average Bonchev–Trinajstić information content (AvgIpc) is 2.49. The van der Waals surface area contributed by atoms with Crippen LogP contribution in [0.4, 0.5) is 8.78 Å². The van der Waals surface area contributed by atoms with Gasteiger partial charge in [0.25, 0.3) is 0 Å². The molecule has 23 heavy (non-hydrogen) atoms. The summed E-state index contributed by atoms with van der Waals surface area (Å²) >= 11 is 0. The van der Waals surface area contributed by atoms with E-state index in [0.717, 1.165) is 12.0 Å². The highest BCUT2D eigenvalue weighted by Gasteiger charge is 2.16. The molecule has 0 saturated heterocycles. The second-order valence-corrected chi connectivity index (χ2v) is 6.47. The zero-order chi connectivity index (χ0) is 17.2. The molecule has 0 aliphatic rings. The number of hydrogen-bond acceptors (Lipinski definition) is 2. The molecule has 0 aliphatic heterocycles. The van der Waals surface area contributed by atoms with Crippen LogP contribution in [0, 0.1) is 5.92 Å². The Morgan fingerprint density at radius 2 is 1.70 bits per heavy atom. The Morgan fingerprint density at radius 3 is 2.26 bits per heavy atom. The van der Waals surface area contributed by atoms with Crippen LogP contribution in [0.5, 0.6) is 0 Å². The first-order valence-electron chi connectivity index (χ1n) is 8.43. The highest BCUT2D eigenvalue weighted by Crippen LogP contribution is 2.19. The molecule has 0 aliphatic carbocycles. The molecule has 1 rings (SSSR count). The summed E-state index contributed by atoms with van der Waals surface area (Å²) in [6.45, 7) is 6.48. The van der Waals surface area contributed by atoms with Crippen molar-refractivity contribution in [3.05, 3.63) is 35.4 Å². The molecule has 2 nitrogen and oxygen atoms in total. The maximum Gasteiger partial charge on any atom is 0.313 e. The summed E-state index contributed by atoms with van der Waals surface area (Å²) in [6.07, 6.45) is 0.484. The van der Waals surface area contributed by atoms with Crippen molar-refractivity contribution in [2.45, 2.75) is 65.2 Å². The summed E-state index contributed by atoms with van der Waals surface area (Å²) in [5, 5.41) is 0. The van der Waals surface area contributed by atoms with Crippen LogP contribution in [0.1, 0.15) is 63.5 Å². The van der Waals surface area contributed by atoms with Crippen LogP contribution in [-0.2, 0) is 16.0 Å². The fourth-order valence-corrected chi connectivity index (χ4v) is 2.43. The van der Waals surface area contributed by atoms with E-state index >= 15 is 0 Å². The van der Waals surface area contributed by atoms with E-state index in [1.165, 1.54) is 5.56 Å². The van der Waals surface area contributed by atoms with Gasteiger partial charge in [-0.05, 0) is 49.7 Å². The maximum absolute atomic E-state index is 12.0. The summed E-state index contributed by atoms with van der Waals surface area (Å²) < 4.78 is 29.2. The number of carbonyl (C=O) groups is 1. The van der Waals surface area contributed by atoms with Gasteiger partial charge in [0.2, 0.25) is 6.43 Å². The first kappa shape index (κ1) is 19.6. The molecule has 1 aromatic carbocycles. The van der Waals surface area contributed by atoms with Crippen molar-refractivity contribution >= 4 is 5.97 Å². The normalized spacial score (nSPS) is 12.7. The van der Waals surface area contributed by atoms with E-state index < -0.39 is 6.43 Å². The number of rotatable bonds is 10. The van der Waals surface area contributed by atoms with E-state index in [9.17, 15) is 13.6 Å². The van der Waals surface area contributed by atoms with Crippen molar-refractivity contribution in [3.8, 4) is 0 Å². The fraction of sp³-hybridized carbons (Fsp3) is 0.632. The minimum atomic E-state index is -2.24. The summed E-state index contributed by atoms with van der Waals surface area (Å²) in [4.78, 5) is 12.0. The Labute approximate surface area is 138 Å². The van der Waals surface area contributed by atoms with Crippen molar-refractivity contribution in [1.82, 2.24) is 0 Å². The van der Waals surface area contributed by atoms with Crippen LogP contribution in [0.3, 0.4) is 0 Å². The summed E-state index contributed by atoms with van der Waals surface area (Å²) in [7, 11) is 0. The Hall–Kier alpha value is -1.45. The van der Waals surface area contributed by atoms with E-state index in [2.05, 4.69) is 26.0 Å². The molecule has 1 aromatic rings. The highest BCUT2D eigenvalue weighted by molar-refractivity contribution is 5.77. The molecule has 0 saturated carbocycles. The number of unbranched alkanes of at least 4 members (excludes halogenated alkanes) is 2. The van der Waals surface area contributed by atoms with Gasteiger partial charge in [-0.1, -0.05) is 38.1 Å². The number of ether oxygens (including phenoxy) is 1. The Morgan fingerprint density at radius 1 is 1.04 bits per heavy atom. The van der Waals surface area contributed by atoms with E-state index in [4.69, 9.17) is 4.74 Å². The van der Waals surface area contributed by atoms with Gasteiger partial charge in [-0.25, -0.2) is 8.78 Å². The minimum Gasteiger partial charge on any atom is -0.465 e. The predicted molar refractivity (Wildman–Crippen MR) is 88.8 cm³/mol. The number of benzene rings is 1. The molecule has 0 radical (unpaired) electrons. The van der Waals surface area contributed by atoms with Gasteiger partial charge in [-0.3, -0.25) is 4.79 Å². The van der Waals surface area contributed by atoms with E-state index in [-0.39, 0.29) is 18.3 Å². The van der Waals surface area contributed by atoms with Crippen LogP contribution < -0.4 is 0 Å². The number of halogens is 2. The number of esters is 1. The molecule has 130 valence electrons. The van der Waals surface area contributed by atoms with Crippen LogP contribution in [-0.4, -0.2) is 19.0 Å². The second kappa shape index (κ2) is 10.3. The van der Waals surface area contributed by atoms with Crippen molar-refractivity contribution in [2.24, 2.45) is 5.92 Å². The highest BCUT2D eigenvalue weighted by atomic mass is 19.3. The van der Waals surface area contributed by atoms with E-state index in [1.807, 2.05) is 19.1 Å². The Kier molecular flexibility index (Phi) is 8.82. The number of hydrogen-bond donors (Lipinski definition) is 0. The average molecular weight is 326 g/mol. The van der Waals surface area contributed by atoms with Crippen LogP contribution in [0.15, 0.2) is 24.3 Å². The second-order valence-electron chi connectivity index (χ2n) is 6.47. The van der Waals surface area contributed by atoms with E-state index in [1.54, 1.807) is 0 Å². The smallest absolute Gasteiger partial charge is 0.313 e. The van der Waals surface area contributed by atoms with Gasteiger partial charge in [0.05, 0.1) is 12.5 Å². The van der Waals surface area contributed by atoms with Crippen molar-refractivity contribution < 1.29 is 18.3 Å². The predicted octanol–water partition coefficient (Wildman–Crippen LogP) is 5.36. The first-order valence-corrected chi connectivity index (χ1v) is 8.43. The molecule has 0 spiro atoms. The third-order valence-electron chi connectivity index (χ3n) is 3.79. The lowest BCUT2D eigenvalue weighted by Gasteiger charge is -2.13. The summed E-state index contributed by atoms with van der Waals surface area (Å²) in [5.74, 6) is 0.0490. The topological polar surface area (TPSA) is 26.3 Å². The van der Waals surface area contributed by atoms with Gasteiger partial charge in [-0.15, -0.1) is 0 Å². The molecular formula is C19H28F2O2. The molecule has 0 aromatic heterocycles. The fourth-order valence-electron chi connectivity index (χ4n) is 2.43. The lowest BCUT2D eigenvalue weighted by molar-refractivity contribution is -0.145. The van der Waals surface area contributed by atoms with Gasteiger partial charge in [-0.2, -0.15) is 0 Å². The lowest BCUT2D eigenvalue weighted by atomic mass is 9.97. The Balaban J connectivity index is 2.32. The largest absolute Gasteiger partial charge is 0.465 e. The van der Waals surface area contributed by atoms with Crippen molar-refractivity contribution in [2.75, 3.05) is 6.61 Å². The molecule has 0 bridgehead atoms. The first-order chi connectivity index (χ1) is 10.9. The quantitative estimate of drug-likeness (QED) is 0.427. The zero-order valence-electron chi connectivity index (χ0n) is 14.4. The molecule has 1 atom stereocenters. The number of alkyl halides is 2. The van der Waals surface area contributed by atoms with Crippen LogP contribution in [0.25, 0.3) is 0 Å². The SMILES string of the molecule is CC(C)Cc1ccc(C(C)C(=O)OCCCCCC(F)F)cc1. The van der Waals surface area contributed by atoms with Crippen LogP contribution in [0.2, 0.25) is 0 Å². The monoisotopic (exact) mass is 326 g/mol. The third-order valence-corrected chi connectivity index (χ3v) is 3.79. The zero-order valence-corrected chi connectivity index (χ0v) is 14.4. The molecular weight excluding hydrogens is 298 g/mol. The van der Waals surface area contributed by atoms with Gasteiger partial charge in [0.15, 0.2) is 0 Å². The maximum atomic E-state index is 12.0. The van der Waals surface area contributed by atoms with Crippen LogP contribution >= 0.6 is 0 Å². The molecule has 0 amide bonds. The lowest BCUT2D eigenvalue weighted by Crippen LogP contribution is -2.14. The van der Waals surface area contributed by atoms with Gasteiger partial charge < -0.3 is 4.74 Å². The summed E-state index contributed by atoms with van der Waals surface area (Å²) in [5.41, 5.74) is 2.21. The van der Waals surface area contributed by atoms with Crippen molar-refractivity contribution in [1.29, 1.82) is 0 Å². The molecule has 0 fully saturated rings. The molecule has 1 unspecified atom stereocenters. The number of carbonyl (C=O) groups excluding carboxylic acids is 1. The van der Waals surface area contributed by atoms with Crippen molar-refractivity contribution in [3.63, 3.8) is 0 Å². The van der Waals surface area contributed by atoms with Gasteiger partial charge in [0, 0.05) is 6.42 Å². The minimum absolute atomic E-state index is 0.0763.